The maximum atomic E-state index is 5.19. The number of benzene rings is 1. The van der Waals surface area contributed by atoms with Gasteiger partial charge < -0.3 is 10.1 Å². The number of ether oxygens (including phenoxy) is 1. The number of likely N-dealkylation sites (N-methyl/N-ethyl adjacent to an activating group) is 1. The van der Waals surface area contributed by atoms with Crippen LogP contribution in [0, 0.1) is 0 Å². The van der Waals surface area contributed by atoms with Crippen molar-refractivity contribution in [1.29, 1.82) is 0 Å². The molecule has 0 radical (unpaired) electrons. The Morgan fingerprint density at radius 1 is 1.44 bits per heavy atom. The number of hydrogen-bond donors (Lipinski definition) is 1. The molecule has 0 fully saturated rings. The fourth-order valence-corrected chi connectivity index (χ4v) is 3.01. The zero-order chi connectivity index (χ0) is 11.8. The second kappa shape index (κ2) is 8.12. The van der Waals surface area contributed by atoms with E-state index in [4.69, 9.17) is 4.74 Å². The van der Waals surface area contributed by atoms with E-state index >= 15 is 0 Å². The number of nitrogens with one attached hydrogen (secondary N) is 1. The summed E-state index contributed by atoms with van der Waals surface area (Å²) in [4.78, 5) is 1.28. The van der Waals surface area contributed by atoms with Gasteiger partial charge in [-0.05, 0) is 34.6 Å². The molecular weight excluding hydrogens is 286 g/mol. The van der Waals surface area contributed by atoms with Crippen LogP contribution in [0.25, 0.3) is 0 Å². The lowest BCUT2D eigenvalue weighted by Crippen LogP contribution is -2.35. The van der Waals surface area contributed by atoms with Gasteiger partial charge in [0.15, 0.2) is 0 Å². The lowest BCUT2D eigenvalue weighted by Gasteiger charge is -2.16. The van der Waals surface area contributed by atoms with Crippen molar-refractivity contribution in [2.24, 2.45) is 0 Å². The fraction of sp³-hybridized carbons (Fsp3) is 0.500. The molecule has 4 heteroatoms. The summed E-state index contributed by atoms with van der Waals surface area (Å²) in [6.07, 6.45) is 0. The SMILES string of the molecule is CCNC(COC)CSc1ccccc1Br. The Hall–Kier alpha value is -0.0300. The van der Waals surface area contributed by atoms with Crippen molar-refractivity contribution in [3.05, 3.63) is 28.7 Å². The molecule has 1 atom stereocenters. The fourth-order valence-electron chi connectivity index (χ4n) is 1.41. The van der Waals surface area contributed by atoms with Gasteiger partial charge in [0.05, 0.1) is 6.61 Å². The molecule has 0 aliphatic heterocycles. The largest absolute Gasteiger partial charge is 0.383 e. The van der Waals surface area contributed by atoms with Crippen LogP contribution < -0.4 is 5.32 Å². The van der Waals surface area contributed by atoms with Crippen molar-refractivity contribution in [3.63, 3.8) is 0 Å². The molecule has 2 nitrogen and oxygen atoms in total. The van der Waals surface area contributed by atoms with E-state index in [-0.39, 0.29) is 0 Å². The molecule has 1 N–H and O–H groups in total. The Bertz CT molecular complexity index is 303. The monoisotopic (exact) mass is 303 g/mol. The predicted octanol–water partition coefficient (Wildman–Crippen LogP) is 3.17. The summed E-state index contributed by atoms with van der Waals surface area (Å²) in [5, 5.41) is 3.41. The van der Waals surface area contributed by atoms with Gasteiger partial charge in [0.1, 0.15) is 0 Å². The summed E-state index contributed by atoms with van der Waals surface area (Å²) in [5.74, 6) is 1.02. The number of methoxy groups -OCH3 is 1. The standard InChI is InChI=1S/C12H18BrNOS/c1-3-14-10(8-15-2)9-16-12-7-5-4-6-11(12)13/h4-7,10,14H,3,8-9H2,1-2H3. The van der Waals surface area contributed by atoms with Crippen LogP contribution >= 0.6 is 27.7 Å². The average molecular weight is 304 g/mol. The normalized spacial score (nSPS) is 12.7. The Morgan fingerprint density at radius 3 is 2.81 bits per heavy atom. The Balaban J connectivity index is 2.45. The highest BCUT2D eigenvalue weighted by atomic mass is 79.9. The first-order valence-corrected chi connectivity index (χ1v) is 7.15. The van der Waals surface area contributed by atoms with Crippen molar-refractivity contribution in [2.75, 3.05) is 26.0 Å². The topological polar surface area (TPSA) is 21.3 Å². The van der Waals surface area contributed by atoms with Gasteiger partial charge in [-0.15, -0.1) is 11.8 Å². The number of halogens is 1. The summed E-state index contributed by atoms with van der Waals surface area (Å²) in [6, 6.07) is 8.70. The highest BCUT2D eigenvalue weighted by Crippen LogP contribution is 2.27. The van der Waals surface area contributed by atoms with Crippen LogP contribution in [-0.2, 0) is 4.74 Å². The second-order valence-electron chi connectivity index (χ2n) is 3.45. The van der Waals surface area contributed by atoms with E-state index in [2.05, 4.69) is 46.4 Å². The molecule has 0 saturated carbocycles. The first kappa shape index (κ1) is 14.0. The maximum Gasteiger partial charge on any atom is 0.0624 e. The van der Waals surface area contributed by atoms with Crippen LogP contribution in [0.4, 0.5) is 0 Å². The minimum Gasteiger partial charge on any atom is -0.383 e. The first-order chi connectivity index (χ1) is 7.77. The van der Waals surface area contributed by atoms with E-state index in [1.807, 2.05) is 17.8 Å². The quantitative estimate of drug-likeness (QED) is 0.782. The van der Waals surface area contributed by atoms with Crippen LogP contribution in [0.1, 0.15) is 6.92 Å². The number of thioether (sulfide) groups is 1. The summed E-state index contributed by atoms with van der Waals surface area (Å²) < 4.78 is 6.35. The number of rotatable bonds is 7. The van der Waals surface area contributed by atoms with Crippen molar-refractivity contribution in [2.45, 2.75) is 17.9 Å². The van der Waals surface area contributed by atoms with Crippen LogP contribution in [0.5, 0.6) is 0 Å². The molecule has 0 amide bonds. The highest BCUT2D eigenvalue weighted by Gasteiger charge is 2.08. The van der Waals surface area contributed by atoms with E-state index in [0.29, 0.717) is 6.04 Å². The zero-order valence-electron chi connectivity index (χ0n) is 9.70. The van der Waals surface area contributed by atoms with Crippen LogP contribution in [0.15, 0.2) is 33.6 Å². The van der Waals surface area contributed by atoms with Crippen molar-refractivity contribution < 1.29 is 4.74 Å². The third-order valence-corrected chi connectivity index (χ3v) is 4.33. The zero-order valence-corrected chi connectivity index (χ0v) is 12.1. The van der Waals surface area contributed by atoms with Crippen LogP contribution in [-0.4, -0.2) is 32.1 Å². The van der Waals surface area contributed by atoms with Crippen molar-refractivity contribution in [3.8, 4) is 0 Å². The molecule has 0 saturated heterocycles. The molecule has 1 aromatic carbocycles. The minimum atomic E-state index is 0.409. The lowest BCUT2D eigenvalue weighted by atomic mass is 10.3. The summed E-state index contributed by atoms with van der Waals surface area (Å²) in [6.45, 7) is 3.85. The first-order valence-electron chi connectivity index (χ1n) is 5.37. The molecule has 1 aromatic rings. The molecule has 90 valence electrons. The molecule has 1 rings (SSSR count). The molecule has 0 aliphatic carbocycles. The summed E-state index contributed by atoms with van der Waals surface area (Å²) in [5.41, 5.74) is 0. The Morgan fingerprint density at radius 2 is 2.19 bits per heavy atom. The van der Waals surface area contributed by atoms with Crippen molar-refractivity contribution in [1.82, 2.24) is 5.32 Å². The predicted molar refractivity (Wildman–Crippen MR) is 74.2 cm³/mol. The van der Waals surface area contributed by atoms with Crippen LogP contribution in [0.3, 0.4) is 0 Å². The summed E-state index contributed by atoms with van der Waals surface area (Å²) >= 11 is 5.40. The van der Waals surface area contributed by atoms with Gasteiger partial charge in [-0.1, -0.05) is 19.1 Å². The molecule has 0 aromatic heterocycles. The maximum absolute atomic E-state index is 5.19. The van der Waals surface area contributed by atoms with Gasteiger partial charge in [0.2, 0.25) is 0 Å². The van der Waals surface area contributed by atoms with Gasteiger partial charge in [-0.3, -0.25) is 0 Å². The van der Waals surface area contributed by atoms with E-state index < -0.39 is 0 Å². The van der Waals surface area contributed by atoms with Crippen molar-refractivity contribution >= 4 is 27.7 Å². The second-order valence-corrected chi connectivity index (χ2v) is 5.37. The van der Waals surface area contributed by atoms with E-state index in [9.17, 15) is 0 Å². The Kier molecular flexibility index (Phi) is 7.12. The van der Waals surface area contributed by atoms with E-state index in [1.165, 1.54) is 4.90 Å². The highest BCUT2D eigenvalue weighted by molar-refractivity contribution is 9.10. The molecule has 0 bridgehead atoms. The third kappa shape index (κ3) is 4.87. The van der Waals surface area contributed by atoms with E-state index in [0.717, 1.165) is 23.4 Å². The van der Waals surface area contributed by atoms with Gasteiger partial charge in [-0.25, -0.2) is 0 Å². The molecule has 0 spiro atoms. The molecule has 0 heterocycles. The molecule has 0 aliphatic rings. The smallest absolute Gasteiger partial charge is 0.0624 e. The van der Waals surface area contributed by atoms with Crippen LogP contribution in [0.2, 0.25) is 0 Å². The lowest BCUT2D eigenvalue weighted by molar-refractivity contribution is 0.174. The molecule has 16 heavy (non-hydrogen) atoms. The Labute approximate surface area is 110 Å². The molecular formula is C12H18BrNOS. The average Bonchev–Trinajstić information content (AvgIpc) is 2.28. The van der Waals surface area contributed by atoms with Gasteiger partial charge in [-0.2, -0.15) is 0 Å². The van der Waals surface area contributed by atoms with E-state index in [1.54, 1.807) is 7.11 Å². The summed E-state index contributed by atoms with van der Waals surface area (Å²) in [7, 11) is 1.74. The number of hydrogen-bond acceptors (Lipinski definition) is 3. The molecule has 1 unspecified atom stereocenters. The van der Waals surface area contributed by atoms with Gasteiger partial charge >= 0.3 is 0 Å². The van der Waals surface area contributed by atoms with Gasteiger partial charge in [0.25, 0.3) is 0 Å². The van der Waals surface area contributed by atoms with Gasteiger partial charge in [0, 0.05) is 28.3 Å². The minimum absolute atomic E-state index is 0.409. The third-order valence-electron chi connectivity index (χ3n) is 2.14.